The molecule has 7 nitrogen and oxygen atoms in total. The highest BCUT2D eigenvalue weighted by atomic mass is 16.7. The molecule has 3 N–H and O–H groups in total. The van der Waals surface area contributed by atoms with Gasteiger partial charge in [-0.15, -0.1) is 0 Å². The van der Waals surface area contributed by atoms with Crippen molar-refractivity contribution in [3.05, 3.63) is 35.9 Å². The molecule has 1 aromatic rings. The van der Waals surface area contributed by atoms with Gasteiger partial charge < -0.3 is 29.7 Å². The summed E-state index contributed by atoms with van der Waals surface area (Å²) in [5.41, 5.74) is 0.829. The number of carbonyl (C=O) groups is 1. The van der Waals surface area contributed by atoms with E-state index in [4.69, 9.17) is 14.2 Å². The maximum atomic E-state index is 11.2. The lowest BCUT2D eigenvalue weighted by atomic mass is 9.96. The van der Waals surface area contributed by atoms with Crippen LogP contribution < -0.4 is 5.32 Å². The molecule has 1 amide bonds. The van der Waals surface area contributed by atoms with E-state index in [1.807, 2.05) is 30.3 Å². The Balaban J connectivity index is 1.75. The Labute approximate surface area is 127 Å². The van der Waals surface area contributed by atoms with Crippen molar-refractivity contribution >= 4 is 5.91 Å². The number of hydrogen-bond acceptors (Lipinski definition) is 6. The summed E-state index contributed by atoms with van der Waals surface area (Å²) in [7, 11) is 0. The van der Waals surface area contributed by atoms with Gasteiger partial charge in [-0.1, -0.05) is 30.3 Å². The first-order valence-corrected chi connectivity index (χ1v) is 7.17. The van der Waals surface area contributed by atoms with Gasteiger partial charge in [0.2, 0.25) is 5.91 Å². The third-order valence-electron chi connectivity index (χ3n) is 3.83. The SMILES string of the molecule is CC(=O)NC1C(O)OC2COC(c3ccccc3)O[C@H]2C1O. The molecule has 3 rings (SSSR count). The van der Waals surface area contributed by atoms with Gasteiger partial charge in [-0.05, 0) is 0 Å². The summed E-state index contributed by atoms with van der Waals surface area (Å²) in [6.07, 6.45) is -4.29. The number of amides is 1. The highest BCUT2D eigenvalue weighted by Crippen LogP contribution is 2.33. The Hall–Kier alpha value is -1.51. The van der Waals surface area contributed by atoms with Crippen LogP contribution in [0.4, 0.5) is 0 Å². The number of benzene rings is 1. The molecule has 7 heteroatoms. The average Bonchev–Trinajstić information content (AvgIpc) is 2.52. The van der Waals surface area contributed by atoms with Crippen molar-refractivity contribution in [2.24, 2.45) is 0 Å². The van der Waals surface area contributed by atoms with E-state index in [9.17, 15) is 15.0 Å². The van der Waals surface area contributed by atoms with Crippen LogP contribution in [0.1, 0.15) is 18.8 Å². The van der Waals surface area contributed by atoms with Crippen molar-refractivity contribution in [2.45, 2.75) is 43.9 Å². The van der Waals surface area contributed by atoms with Gasteiger partial charge in [-0.3, -0.25) is 4.79 Å². The molecule has 2 fully saturated rings. The largest absolute Gasteiger partial charge is 0.388 e. The maximum Gasteiger partial charge on any atom is 0.217 e. The molecule has 1 aromatic carbocycles. The fourth-order valence-electron chi connectivity index (χ4n) is 2.78. The molecule has 120 valence electrons. The van der Waals surface area contributed by atoms with Crippen LogP contribution in [0.3, 0.4) is 0 Å². The Morgan fingerprint density at radius 3 is 2.64 bits per heavy atom. The summed E-state index contributed by atoms with van der Waals surface area (Å²) in [6.45, 7) is 1.49. The molecule has 0 aromatic heterocycles. The summed E-state index contributed by atoms with van der Waals surface area (Å²) < 4.78 is 16.8. The quantitative estimate of drug-likeness (QED) is 0.693. The van der Waals surface area contributed by atoms with Gasteiger partial charge >= 0.3 is 0 Å². The molecule has 0 bridgehead atoms. The fourth-order valence-corrected chi connectivity index (χ4v) is 2.78. The number of fused-ring (bicyclic) bond motifs is 1. The van der Waals surface area contributed by atoms with E-state index in [2.05, 4.69) is 5.32 Å². The maximum absolute atomic E-state index is 11.2. The van der Waals surface area contributed by atoms with E-state index in [0.29, 0.717) is 0 Å². The molecule has 0 radical (unpaired) electrons. The molecule has 2 heterocycles. The standard InChI is InChI=1S/C15H19NO6/c1-8(17)16-11-12(18)13-10(21-14(11)19)7-20-15(22-13)9-5-3-2-4-6-9/h2-6,10-15,18-19H,7H2,1H3,(H,16,17)/t10?,11?,12?,13-,14?,15?/m1/s1. The highest BCUT2D eigenvalue weighted by Gasteiger charge is 2.49. The number of aliphatic hydroxyl groups is 2. The van der Waals surface area contributed by atoms with Gasteiger partial charge in [-0.25, -0.2) is 0 Å². The van der Waals surface area contributed by atoms with Crippen LogP contribution in [-0.2, 0) is 19.0 Å². The summed E-state index contributed by atoms with van der Waals surface area (Å²) in [4.78, 5) is 11.2. The van der Waals surface area contributed by atoms with Crippen LogP contribution in [-0.4, -0.2) is 53.4 Å². The Bertz CT molecular complexity index is 524. The van der Waals surface area contributed by atoms with Crippen molar-refractivity contribution in [1.82, 2.24) is 5.32 Å². The van der Waals surface area contributed by atoms with Crippen LogP contribution >= 0.6 is 0 Å². The zero-order valence-corrected chi connectivity index (χ0v) is 12.1. The monoisotopic (exact) mass is 309 g/mol. The average molecular weight is 309 g/mol. The van der Waals surface area contributed by atoms with E-state index in [1.165, 1.54) is 6.92 Å². The molecule has 5 unspecified atom stereocenters. The topological polar surface area (TPSA) is 97.3 Å². The smallest absolute Gasteiger partial charge is 0.217 e. The molecule has 2 aliphatic heterocycles. The molecule has 2 aliphatic rings. The first-order chi connectivity index (χ1) is 10.6. The molecule has 0 aliphatic carbocycles. The molecule has 0 saturated carbocycles. The van der Waals surface area contributed by atoms with Gasteiger partial charge in [-0.2, -0.15) is 0 Å². The summed E-state index contributed by atoms with van der Waals surface area (Å²) >= 11 is 0. The summed E-state index contributed by atoms with van der Waals surface area (Å²) in [5.74, 6) is -0.364. The van der Waals surface area contributed by atoms with Crippen molar-refractivity contribution in [1.29, 1.82) is 0 Å². The molecule has 6 atom stereocenters. The van der Waals surface area contributed by atoms with E-state index in [1.54, 1.807) is 0 Å². The molecular formula is C15H19NO6. The molecular weight excluding hydrogens is 290 g/mol. The van der Waals surface area contributed by atoms with Crippen molar-refractivity contribution in [3.63, 3.8) is 0 Å². The zero-order chi connectivity index (χ0) is 15.7. The van der Waals surface area contributed by atoms with Crippen LogP contribution in [0.5, 0.6) is 0 Å². The first-order valence-electron chi connectivity index (χ1n) is 7.17. The van der Waals surface area contributed by atoms with Crippen LogP contribution in [0.15, 0.2) is 30.3 Å². The molecule has 22 heavy (non-hydrogen) atoms. The van der Waals surface area contributed by atoms with Gasteiger partial charge in [0.15, 0.2) is 12.6 Å². The fraction of sp³-hybridized carbons (Fsp3) is 0.533. The number of rotatable bonds is 2. The minimum Gasteiger partial charge on any atom is -0.388 e. The molecule has 2 saturated heterocycles. The number of nitrogens with one attached hydrogen (secondary N) is 1. The summed E-state index contributed by atoms with van der Waals surface area (Å²) in [6, 6.07) is 8.41. The van der Waals surface area contributed by atoms with Crippen molar-refractivity contribution < 1.29 is 29.2 Å². The van der Waals surface area contributed by atoms with Gasteiger partial charge in [0.25, 0.3) is 0 Å². The first kappa shape index (κ1) is 15.4. The number of carbonyl (C=O) groups excluding carboxylic acids is 1. The van der Waals surface area contributed by atoms with Crippen LogP contribution in [0.25, 0.3) is 0 Å². The Morgan fingerprint density at radius 1 is 1.23 bits per heavy atom. The van der Waals surface area contributed by atoms with Gasteiger partial charge in [0.1, 0.15) is 24.4 Å². The third kappa shape index (κ3) is 2.99. The van der Waals surface area contributed by atoms with Crippen LogP contribution in [0, 0.1) is 0 Å². The van der Waals surface area contributed by atoms with Crippen molar-refractivity contribution in [3.8, 4) is 0 Å². The molecule has 0 spiro atoms. The number of hydrogen-bond donors (Lipinski definition) is 3. The number of ether oxygens (including phenoxy) is 3. The Morgan fingerprint density at radius 2 is 1.95 bits per heavy atom. The number of aliphatic hydroxyl groups excluding tert-OH is 2. The highest BCUT2D eigenvalue weighted by molar-refractivity contribution is 5.73. The van der Waals surface area contributed by atoms with E-state index in [0.717, 1.165) is 5.56 Å². The lowest BCUT2D eigenvalue weighted by Crippen LogP contribution is -2.66. The summed E-state index contributed by atoms with van der Waals surface area (Å²) in [5, 5.41) is 22.8. The zero-order valence-electron chi connectivity index (χ0n) is 12.1. The second-order valence-corrected chi connectivity index (χ2v) is 5.46. The Kier molecular flexibility index (Phi) is 4.42. The predicted molar refractivity (Wildman–Crippen MR) is 74.5 cm³/mol. The third-order valence-corrected chi connectivity index (χ3v) is 3.83. The van der Waals surface area contributed by atoms with E-state index >= 15 is 0 Å². The minimum atomic E-state index is -1.30. The predicted octanol–water partition coefficient (Wildman–Crippen LogP) is -0.317. The van der Waals surface area contributed by atoms with Crippen molar-refractivity contribution in [2.75, 3.05) is 6.61 Å². The van der Waals surface area contributed by atoms with Gasteiger partial charge in [0, 0.05) is 12.5 Å². The van der Waals surface area contributed by atoms with E-state index in [-0.39, 0.29) is 12.5 Å². The lowest BCUT2D eigenvalue weighted by molar-refractivity contribution is -0.337. The van der Waals surface area contributed by atoms with Gasteiger partial charge in [0.05, 0.1) is 6.61 Å². The van der Waals surface area contributed by atoms with E-state index < -0.39 is 36.9 Å². The second kappa shape index (κ2) is 6.31. The van der Waals surface area contributed by atoms with Crippen LogP contribution in [0.2, 0.25) is 0 Å². The normalized spacial score (nSPS) is 38.1. The minimum absolute atomic E-state index is 0.186. The second-order valence-electron chi connectivity index (χ2n) is 5.46. The lowest BCUT2D eigenvalue weighted by Gasteiger charge is -2.46.